The van der Waals surface area contributed by atoms with Gasteiger partial charge in [0.15, 0.2) is 6.10 Å². The molecule has 3 N–H and O–H groups in total. The zero-order valence-electron chi connectivity index (χ0n) is 41.6. The minimum atomic E-state index is -4.39. The van der Waals surface area contributed by atoms with Crippen molar-refractivity contribution in [2.45, 2.75) is 206 Å². The third kappa shape index (κ3) is 50.1. The van der Waals surface area contributed by atoms with E-state index in [1.165, 1.54) is 64.2 Å². The van der Waals surface area contributed by atoms with Crippen molar-refractivity contribution in [2.75, 3.05) is 26.4 Å². The second-order valence-corrected chi connectivity index (χ2v) is 18.1. The van der Waals surface area contributed by atoms with Gasteiger partial charge in [0.25, 0.3) is 0 Å². The Kier molecular flexibility index (Phi) is 48.5. The fraction of sp³-hybridized carbons (Fsp3) is 0.643. The Bertz CT molecular complexity index is 1440. The summed E-state index contributed by atoms with van der Waals surface area (Å²) in [6.45, 7) is 3.58. The summed E-state index contributed by atoms with van der Waals surface area (Å²) in [7, 11) is -4.39. The van der Waals surface area contributed by atoms with Gasteiger partial charge in [-0.3, -0.25) is 18.6 Å². The van der Waals surface area contributed by atoms with Crippen LogP contribution in [0.25, 0.3) is 0 Å². The quantitative estimate of drug-likeness (QED) is 0.0265. The number of unbranched alkanes of at least 4 members (excludes halogenated alkanes) is 16. The molecule has 0 amide bonds. The predicted octanol–water partition coefficient (Wildman–Crippen LogP) is 15.9. The van der Waals surface area contributed by atoms with Gasteiger partial charge in [0, 0.05) is 19.4 Å². The normalized spacial score (nSPS) is 14.1. The monoisotopic (exact) mass is 940 g/mol. The lowest BCUT2D eigenvalue weighted by atomic mass is 10.1. The fourth-order valence-corrected chi connectivity index (χ4v) is 7.39. The lowest BCUT2D eigenvalue weighted by Gasteiger charge is -2.19. The summed E-state index contributed by atoms with van der Waals surface area (Å²) in [5.74, 6) is -0.849. The van der Waals surface area contributed by atoms with Crippen molar-refractivity contribution in [3.8, 4) is 0 Å². The van der Waals surface area contributed by atoms with Crippen LogP contribution < -0.4 is 5.73 Å². The number of phosphoric acid groups is 1. The van der Waals surface area contributed by atoms with Crippen LogP contribution in [0.5, 0.6) is 0 Å². The standard InChI is InChI=1S/C56H94NO8P/c1-3-5-7-9-11-13-15-16-17-18-19-20-21-22-23-24-25-26-27-28-29-30-31-32-33-34-35-36-37-38-39-41-43-45-47-49-56(59)65-54(53-64-66(60,61)63-51-50-57)52-62-55(58)48-46-44-42-40-14-12-10-8-6-4-2/h5,7,11,13,16-17,19-20,22-23,25-26,28-29,31-32,34-35,54H,3-4,6,8-10,12,14-15,18,21,24,27,30,33,36-53,57H2,1-2H3,(H,60,61)/b7-5-,13-11-,17-16-,20-19-,23-22-,26-25-,29-28-,32-31-,35-34-. The highest BCUT2D eigenvalue weighted by Crippen LogP contribution is 2.43. The molecule has 66 heavy (non-hydrogen) atoms. The Labute approximate surface area is 403 Å². The van der Waals surface area contributed by atoms with E-state index in [2.05, 4.69) is 123 Å². The van der Waals surface area contributed by atoms with E-state index >= 15 is 0 Å². The lowest BCUT2D eigenvalue weighted by Crippen LogP contribution is -2.29. The third-order valence-electron chi connectivity index (χ3n) is 10.4. The highest BCUT2D eigenvalue weighted by Gasteiger charge is 2.26. The molecule has 2 unspecified atom stereocenters. The molecule has 0 rings (SSSR count). The van der Waals surface area contributed by atoms with Gasteiger partial charge < -0.3 is 20.1 Å². The number of allylic oxidation sites excluding steroid dienone is 18. The van der Waals surface area contributed by atoms with Gasteiger partial charge in [0.2, 0.25) is 0 Å². The molecule has 0 radical (unpaired) electrons. The van der Waals surface area contributed by atoms with Crippen molar-refractivity contribution >= 4 is 19.8 Å². The van der Waals surface area contributed by atoms with E-state index in [0.29, 0.717) is 6.42 Å². The Hall–Kier alpha value is -3.33. The summed E-state index contributed by atoms with van der Waals surface area (Å²) in [6.07, 6.45) is 68.6. The molecule has 0 aromatic carbocycles. The molecule has 0 aromatic heterocycles. The van der Waals surface area contributed by atoms with Gasteiger partial charge in [0.05, 0.1) is 13.2 Å². The first kappa shape index (κ1) is 62.7. The molecule has 0 saturated carbocycles. The predicted molar refractivity (Wildman–Crippen MR) is 279 cm³/mol. The number of carbonyl (C=O) groups excluding carboxylic acids is 2. The zero-order valence-corrected chi connectivity index (χ0v) is 42.5. The zero-order chi connectivity index (χ0) is 48.1. The molecule has 0 heterocycles. The average Bonchev–Trinajstić information content (AvgIpc) is 3.31. The van der Waals surface area contributed by atoms with E-state index < -0.39 is 32.5 Å². The van der Waals surface area contributed by atoms with Crippen LogP contribution >= 0.6 is 7.82 Å². The van der Waals surface area contributed by atoms with Gasteiger partial charge in [-0.05, 0) is 83.5 Å². The number of nitrogens with two attached hydrogens (primary N) is 1. The van der Waals surface area contributed by atoms with Gasteiger partial charge in [-0.1, -0.05) is 213 Å². The summed E-state index contributed by atoms with van der Waals surface area (Å²) in [5, 5.41) is 0. The number of phosphoric ester groups is 1. The van der Waals surface area contributed by atoms with E-state index in [-0.39, 0.29) is 32.6 Å². The highest BCUT2D eigenvalue weighted by atomic mass is 31.2. The smallest absolute Gasteiger partial charge is 0.462 e. The van der Waals surface area contributed by atoms with E-state index in [4.69, 9.17) is 24.3 Å². The molecule has 0 spiro atoms. The Balaban J connectivity index is 4.01. The number of carbonyl (C=O) groups is 2. The molecule has 0 aliphatic carbocycles. The van der Waals surface area contributed by atoms with E-state index in [0.717, 1.165) is 103 Å². The van der Waals surface area contributed by atoms with Crippen LogP contribution in [0.1, 0.15) is 200 Å². The summed E-state index contributed by atoms with van der Waals surface area (Å²) in [6, 6.07) is 0. The second kappa shape index (κ2) is 51.1. The molecule has 9 nitrogen and oxygen atoms in total. The second-order valence-electron chi connectivity index (χ2n) is 16.7. The van der Waals surface area contributed by atoms with Crippen molar-refractivity contribution < 1.29 is 37.6 Å². The summed E-state index contributed by atoms with van der Waals surface area (Å²) < 4.78 is 32.8. The maximum absolute atomic E-state index is 12.6. The Morgan fingerprint density at radius 2 is 0.833 bits per heavy atom. The van der Waals surface area contributed by atoms with Crippen LogP contribution in [0.3, 0.4) is 0 Å². The molecule has 10 heteroatoms. The number of ether oxygens (including phenoxy) is 2. The third-order valence-corrected chi connectivity index (χ3v) is 11.4. The lowest BCUT2D eigenvalue weighted by molar-refractivity contribution is -0.161. The number of rotatable bonds is 47. The van der Waals surface area contributed by atoms with E-state index in [9.17, 15) is 19.0 Å². The number of esters is 2. The minimum Gasteiger partial charge on any atom is -0.462 e. The molecule has 0 fully saturated rings. The van der Waals surface area contributed by atoms with Gasteiger partial charge >= 0.3 is 19.8 Å². The maximum atomic E-state index is 12.6. The van der Waals surface area contributed by atoms with Crippen molar-refractivity contribution in [3.63, 3.8) is 0 Å². The molecule has 0 saturated heterocycles. The van der Waals surface area contributed by atoms with Crippen molar-refractivity contribution in [2.24, 2.45) is 5.73 Å². The molecule has 2 atom stereocenters. The fourth-order valence-electron chi connectivity index (χ4n) is 6.63. The van der Waals surface area contributed by atoms with Gasteiger partial charge in [-0.25, -0.2) is 4.57 Å². The number of hydrogen-bond acceptors (Lipinski definition) is 8. The van der Waals surface area contributed by atoms with Crippen molar-refractivity contribution in [1.29, 1.82) is 0 Å². The largest absolute Gasteiger partial charge is 0.472 e. The minimum absolute atomic E-state index is 0.0471. The first-order chi connectivity index (χ1) is 32.3. The molecular weight excluding hydrogens is 846 g/mol. The first-order valence-corrected chi connectivity index (χ1v) is 27.4. The summed E-state index contributed by atoms with van der Waals surface area (Å²) >= 11 is 0. The van der Waals surface area contributed by atoms with E-state index in [1.807, 2.05) is 0 Å². The molecule has 376 valence electrons. The molecule has 0 aliphatic heterocycles. The van der Waals surface area contributed by atoms with Gasteiger partial charge in [0.1, 0.15) is 6.61 Å². The molecular formula is C56H94NO8P. The van der Waals surface area contributed by atoms with E-state index in [1.54, 1.807) is 0 Å². The SMILES string of the molecule is CC/C=C\C/C=C\C/C=C\C/C=C\C/C=C\C/C=C\C/C=C\C/C=C\C/C=C\CCCCCCCCCC(=O)OC(COC(=O)CCCCCCCCCCCC)COP(=O)(O)OCCN. The Morgan fingerprint density at radius 1 is 0.470 bits per heavy atom. The van der Waals surface area contributed by atoms with Crippen LogP contribution in [0.4, 0.5) is 0 Å². The van der Waals surface area contributed by atoms with Crippen molar-refractivity contribution in [3.05, 3.63) is 109 Å². The topological polar surface area (TPSA) is 134 Å². The average molecular weight is 940 g/mol. The molecule has 0 bridgehead atoms. The summed E-state index contributed by atoms with van der Waals surface area (Å²) in [4.78, 5) is 34.9. The molecule has 0 aliphatic rings. The van der Waals surface area contributed by atoms with Crippen LogP contribution in [0.15, 0.2) is 109 Å². The van der Waals surface area contributed by atoms with Gasteiger partial charge in [-0.2, -0.15) is 0 Å². The van der Waals surface area contributed by atoms with Crippen LogP contribution in [-0.4, -0.2) is 49.3 Å². The van der Waals surface area contributed by atoms with Crippen LogP contribution in [0, 0.1) is 0 Å². The highest BCUT2D eigenvalue weighted by molar-refractivity contribution is 7.47. The molecule has 0 aromatic rings. The first-order valence-electron chi connectivity index (χ1n) is 25.9. The van der Waals surface area contributed by atoms with Crippen LogP contribution in [-0.2, 0) is 32.7 Å². The summed E-state index contributed by atoms with van der Waals surface area (Å²) in [5.41, 5.74) is 5.35. The maximum Gasteiger partial charge on any atom is 0.472 e. The van der Waals surface area contributed by atoms with Crippen molar-refractivity contribution in [1.82, 2.24) is 0 Å². The van der Waals surface area contributed by atoms with Gasteiger partial charge in [-0.15, -0.1) is 0 Å². The van der Waals surface area contributed by atoms with Crippen LogP contribution in [0.2, 0.25) is 0 Å². The number of hydrogen-bond donors (Lipinski definition) is 2. The Morgan fingerprint density at radius 3 is 1.24 bits per heavy atom.